The predicted molar refractivity (Wildman–Crippen MR) is 103 cm³/mol. The minimum atomic E-state index is -0.452. The van der Waals surface area contributed by atoms with Crippen LogP contribution in [0.15, 0.2) is 54.6 Å². The van der Waals surface area contributed by atoms with Gasteiger partial charge in [-0.05, 0) is 43.0 Å². The SMILES string of the molecule is O=C(/C=C/c1cccc([N+](=O)[O-])c1)Nc1ccccc1N1CCCCC1. The van der Waals surface area contributed by atoms with Crippen molar-refractivity contribution in [1.82, 2.24) is 0 Å². The first-order valence-electron chi connectivity index (χ1n) is 8.71. The van der Waals surface area contributed by atoms with Gasteiger partial charge in [0.15, 0.2) is 0 Å². The molecule has 0 unspecified atom stereocenters. The van der Waals surface area contributed by atoms with Crippen molar-refractivity contribution in [3.8, 4) is 0 Å². The van der Waals surface area contributed by atoms with Gasteiger partial charge in [-0.2, -0.15) is 0 Å². The molecule has 3 rings (SSSR count). The molecule has 0 bridgehead atoms. The van der Waals surface area contributed by atoms with E-state index in [4.69, 9.17) is 0 Å². The quantitative estimate of drug-likeness (QED) is 0.497. The fourth-order valence-electron chi connectivity index (χ4n) is 3.08. The standard InChI is InChI=1S/C20H21N3O3/c24-20(12-11-16-7-6-8-17(15-16)23(25)26)21-18-9-2-3-10-19(18)22-13-4-1-5-14-22/h2-3,6-12,15H,1,4-5,13-14H2,(H,21,24)/b12-11+. The van der Waals surface area contributed by atoms with Gasteiger partial charge in [0.2, 0.25) is 5.91 Å². The molecule has 0 spiro atoms. The van der Waals surface area contributed by atoms with Crippen molar-refractivity contribution in [2.75, 3.05) is 23.3 Å². The largest absolute Gasteiger partial charge is 0.370 e. The molecule has 1 amide bonds. The summed E-state index contributed by atoms with van der Waals surface area (Å²) in [6.45, 7) is 1.99. The lowest BCUT2D eigenvalue weighted by molar-refractivity contribution is -0.384. The average Bonchev–Trinajstić information content (AvgIpc) is 2.68. The van der Waals surface area contributed by atoms with E-state index < -0.39 is 4.92 Å². The summed E-state index contributed by atoms with van der Waals surface area (Å²) in [5.74, 6) is -0.263. The van der Waals surface area contributed by atoms with Gasteiger partial charge in [-0.1, -0.05) is 24.3 Å². The van der Waals surface area contributed by atoms with Crippen LogP contribution in [0.25, 0.3) is 6.08 Å². The molecule has 0 aromatic heterocycles. The summed E-state index contributed by atoms with van der Waals surface area (Å²) in [5.41, 5.74) is 2.43. The van der Waals surface area contributed by atoms with Crippen LogP contribution in [-0.4, -0.2) is 23.9 Å². The summed E-state index contributed by atoms with van der Waals surface area (Å²) < 4.78 is 0. The van der Waals surface area contributed by atoms with E-state index >= 15 is 0 Å². The van der Waals surface area contributed by atoms with Crippen LogP contribution in [0.1, 0.15) is 24.8 Å². The van der Waals surface area contributed by atoms with Crippen LogP contribution < -0.4 is 10.2 Å². The van der Waals surface area contributed by atoms with E-state index in [1.165, 1.54) is 24.6 Å². The Morgan fingerprint density at radius 2 is 1.85 bits per heavy atom. The third kappa shape index (κ3) is 4.47. The lowest BCUT2D eigenvalue weighted by atomic mass is 10.1. The Balaban J connectivity index is 1.70. The number of non-ortho nitro benzene ring substituents is 1. The number of anilines is 2. The highest BCUT2D eigenvalue weighted by molar-refractivity contribution is 6.03. The third-order valence-corrected chi connectivity index (χ3v) is 4.37. The molecule has 26 heavy (non-hydrogen) atoms. The number of nitro groups is 1. The van der Waals surface area contributed by atoms with Crippen LogP contribution in [0.2, 0.25) is 0 Å². The summed E-state index contributed by atoms with van der Waals surface area (Å²) in [6, 6.07) is 14.0. The highest BCUT2D eigenvalue weighted by Crippen LogP contribution is 2.28. The summed E-state index contributed by atoms with van der Waals surface area (Å²) in [4.78, 5) is 24.9. The first kappa shape index (κ1) is 17.7. The number of amides is 1. The number of piperidine rings is 1. The molecule has 0 saturated carbocycles. The minimum absolute atomic E-state index is 0.00278. The van der Waals surface area contributed by atoms with E-state index in [0.717, 1.165) is 37.3 Å². The Morgan fingerprint density at radius 3 is 2.62 bits per heavy atom. The molecule has 0 atom stereocenters. The molecule has 1 aliphatic rings. The van der Waals surface area contributed by atoms with Crippen molar-refractivity contribution in [1.29, 1.82) is 0 Å². The molecule has 1 aliphatic heterocycles. The van der Waals surface area contributed by atoms with Gasteiger partial charge in [-0.25, -0.2) is 0 Å². The maximum Gasteiger partial charge on any atom is 0.270 e. The molecule has 6 heteroatoms. The molecule has 1 saturated heterocycles. The molecular formula is C20H21N3O3. The number of para-hydroxylation sites is 2. The highest BCUT2D eigenvalue weighted by Gasteiger charge is 2.14. The summed E-state index contributed by atoms with van der Waals surface area (Å²) in [5, 5.41) is 13.7. The van der Waals surface area contributed by atoms with E-state index in [9.17, 15) is 14.9 Å². The number of hydrogen-bond acceptors (Lipinski definition) is 4. The molecule has 1 fully saturated rings. The number of nitro benzene ring substituents is 1. The Hall–Kier alpha value is -3.15. The second-order valence-electron chi connectivity index (χ2n) is 6.24. The topological polar surface area (TPSA) is 75.5 Å². The first-order chi connectivity index (χ1) is 12.6. The van der Waals surface area contributed by atoms with Gasteiger partial charge in [-0.15, -0.1) is 0 Å². The molecule has 2 aromatic rings. The van der Waals surface area contributed by atoms with Crippen molar-refractivity contribution in [3.63, 3.8) is 0 Å². The number of rotatable bonds is 5. The Bertz CT molecular complexity index is 827. The predicted octanol–water partition coefficient (Wildman–Crippen LogP) is 4.24. The van der Waals surface area contributed by atoms with Gasteiger partial charge in [0.1, 0.15) is 0 Å². The van der Waals surface area contributed by atoms with Gasteiger partial charge in [-0.3, -0.25) is 14.9 Å². The number of carbonyl (C=O) groups excluding carboxylic acids is 1. The summed E-state index contributed by atoms with van der Waals surface area (Å²) >= 11 is 0. The van der Waals surface area contributed by atoms with Crippen LogP contribution >= 0.6 is 0 Å². The van der Waals surface area contributed by atoms with E-state index in [1.54, 1.807) is 18.2 Å². The molecule has 1 N–H and O–H groups in total. The van der Waals surface area contributed by atoms with E-state index in [1.807, 2.05) is 24.3 Å². The zero-order valence-electron chi connectivity index (χ0n) is 14.4. The molecule has 1 heterocycles. The number of benzene rings is 2. The Labute approximate surface area is 152 Å². The van der Waals surface area contributed by atoms with Crippen molar-refractivity contribution in [2.45, 2.75) is 19.3 Å². The maximum atomic E-state index is 12.3. The van der Waals surface area contributed by atoms with Gasteiger partial charge < -0.3 is 10.2 Å². The van der Waals surface area contributed by atoms with Gasteiger partial charge in [0.05, 0.1) is 16.3 Å². The van der Waals surface area contributed by atoms with Crippen LogP contribution in [0, 0.1) is 10.1 Å². The van der Waals surface area contributed by atoms with E-state index in [0.29, 0.717) is 5.56 Å². The Kier molecular flexibility index (Phi) is 5.63. The molecule has 6 nitrogen and oxygen atoms in total. The average molecular weight is 351 g/mol. The zero-order valence-corrected chi connectivity index (χ0v) is 14.4. The normalized spacial score (nSPS) is 14.4. The number of nitrogens with zero attached hydrogens (tertiary/aromatic N) is 2. The van der Waals surface area contributed by atoms with Gasteiger partial charge >= 0.3 is 0 Å². The third-order valence-electron chi connectivity index (χ3n) is 4.37. The number of nitrogens with one attached hydrogen (secondary N) is 1. The van der Waals surface area contributed by atoms with Gasteiger partial charge in [0, 0.05) is 31.3 Å². The van der Waals surface area contributed by atoms with Gasteiger partial charge in [0.25, 0.3) is 5.69 Å². The van der Waals surface area contributed by atoms with E-state index in [2.05, 4.69) is 10.2 Å². The molecule has 2 aromatic carbocycles. The number of hydrogen-bond donors (Lipinski definition) is 1. The van der Waals surface area contributed by atoms with Crippen LogP contribution in [0.4, 0.5) is 17.1 Å². The monoisotopic (exact) mass is 351 g/mol. The van der Waals surface area contributed by atoms with Crippen molar-refractivity contribution >= 4 is 29.0 Å². The maximum absolute atomic E-state index is 12.3. The zero-order chi connectivity index (χ0) is 18.4. The second kappa shape index (κ2) is 8.29. The smallest absolute Gasteiger partial charge is 0.270 e. The van der Waals surface area contributed by atoms with Crippen molar-refractivity contribution in [2.24, 2.45) is 0 Å². The lowest BCUT2D eigenvalue weighted by Gasteiger charge is -2.30. The Morgan fingerprint density at radius 1 is 1.08 bits per heavy atom. The van der Waals surface area contributed by atoms with E-state index in [-0.39, 0.29) is 11.6 Å². The second-order valence-corrected chi connectivity index (χ2v) is 6.24. The highest BCUT2D eigenvalue weighted by atomic mass is 16.6. The molecule has 0 radical (unpaired) electrons. The summed E-state index contributed by atoms with van der Waals surface area (Å²) in [6.07, 6.45) is 6.54. The fourth-order valence-corrected chi connectivity index (χ4v) is 3.08. The lowest BCUT2D eigenvalue weighted by Crippen LogP contribution is -2.30. The molecule has 134 valence electrons. The first-order valence-corrected chi connectivity index (χ1v) is 8.71. The fraction of sp³-hybridized carbons (Fsp3) is 0.250. The van der Waals surface area contributed by atoms with Crippen molar-refractivity contribution < 1.29 is 9.72 Å². The number of carbonyl (C=O) groups is 1. The molecular weight excluding hydrogens is 330 g/mol. The van der Waals surface area contributed by atoms with Crippen LogP contribution in [0.3, 0.4) is 0 Å². The molecule has 0 aliphatic carbocycles. The summed E-state index contributed by atoms with van der Waals surface area (Å²) in [7, 11) is 0. The van der Waals surface area contributed by atoms with Crippen LogP contribution in [-0.2, 0) is 4.79 Å². The minimum Gasteiger partial charge on any atom is -0.370 e. The van der Waals surface area contributed by atoms with Crippen LogP contribution in [0.5, 0.6) is 0 Å². The van der Waals surface area contributed by atoms with Crippen molar-refractivity contribution in [3.05, 3.63) is 70.3 Å².